The van der Waals surface area contributed by atoms with Gasteiger partial charge >= 0.3 is 0 Å². The van der Waals surface area contributed by atoms with Crippen molar-refractivity contribution in [3.8, 4) is 0 Å². The Hall–Kier alpha value is -1.83. The molecule has 16 heavy (non-hydrogen) atoms. The highest BCUT2D eigenvalue weighted by Crippen LogP contribution is 2.07. The molecule has 0 aliphatic carbocycles. The molecule has 0 aliphatic rings. The van der Waals surface area contributed by atoms with Gasteiger partial charge in [0.25, 0.3) is 0 Å². The SMILES string of the molecule is O=C(CCc1ccco1)Cc1ccccc1. The summed E-state index contributed by atoms with van der Waals surface area (Å²) in [6.45, 7) is 0. The summed E-state index contributed by atoms with van der Waals surface area (Å²) < 4.78 is 5.18. The molecule has 0 aliphatic heterocycles. The monoisotopic (exact) mass is 214 g/mol. The largest absolute Gasteiger partial charge is 0.469 e. The number of aryl methyl sites for hydroxylation is 1. The molecule has 1 aromatic heterocycles. The zero-order valence-electron chi connectivity index (χ0n) is 9.06. The lowest BCUT2D eigenvalue weighted by Crippen LogP contribution is -2.03. The minimum atomic E-state index is 0.252. The molecule has 0 fully saturated rings. The standard InChI is InChI=1S/C14H14O2/c15-13(8-9-14-7-4-10-16-14)11-12-5-2-1-3-6-12/h1-7,10H,8-9,11H2. The summed E-state index contributed by atoms with van der Waals surface area (Å²) >= 11 is 0. The first-order valence-corrected chi connectivity index (χ1v) is 5.42. The maximum Gasteiger partial charge on any atom is 0.137 e. The molecule has 82 valence electrons. The molecule has 2 nitrogen and oxygen atoms in total. The number of hydrogen-bond acceptors (Lipinski definition) is 2. The predicted molar refractivity (Wildman–Crippen MR) is 62.2 cm³/mol. The zero-order chi connectivity index (χ0) is 11.2. The molecule has 0 radical (unpaired) electrons. The van der Waals surface area contributed by atoms with Gasteiger partial charge in [-0.1, -0.05) is 30.3 Å². The van der Waals surface area contributed by atoms with Crippen molar-refractivity contribution in [1.29, 1.82) is 0 Å². The molecule has 0 saturated heterocycles. The smallest absolute Gasteiger partial charge is 0.137 e. The van der Waals surface area contributed by atoms with Crippen molar-refractivity contribution >= 4 is 5.78 Å². The number of benzene rings is 1. The number of ketones is 1. The second kappa shape index (κ2) is 5.31. The van der Waals surface area contributed by atoms with Gasteiger partial charge in [0.2, 0.25) is 0 Å². The zero-order valence-corrected chi connectivity index (χ0v) is 9.06. The lowest BCUT2D eigenvalue weighted by Gasteiger charge is -1.99. The van der Waals surface area contributed by atoms with Crippen LogP contribution in [0, 0.1) is 0 Å². The summed E-state index contributed by atoms with van der Waals surface area (Å²) in [6, 6.07) is 13.6. The van der Waals surface area contributed by atoms with Gasteiger partial charge in [0.1, 0.15) is 11.5 Å². The highest BCUT2D eigenvalue weighted by Gasteiger charge is 2.05. The Morgan fingerprint density at radius 1 is 1.06 bits per heavy atom. The summed E-state index contributed by atoms with van der Waals surface area (Å²) in [5.41, 5.74) is 1.08. The van der Waals surface area contributed by atoms with Crippen LogP contribution < -0.4 is 0 Å². The Balaban J connectivity index is 1.81. The minimum absolute atomic E-state index is 0.252. The number of carbonyl (C=O) groups excluding carboxylic acids is 1. The van der Waals surface area contributed by atoms with Crippen molar-refractivity contribution in [2.45, 2.75) is 19.3 Å². The van der Waals surface area contributed by atoms with E-state index in [-0.39, 0.29) is 5.78 Å². The fourth-order valence-electron chi connectivity index (χ4n) is 1.63. The average molecular weight is 214 g/mol. The van der Waals surface area contributed by atoms with Crippen molar-refractivity contribution in [1.82, 2.24) is 0 Å². The van der Waals surface area contributed by atoms with E-state index >= 15 is 0 Å². The van der Waals surface area contributed by atoms with Gasteiger partial charge in [0.05, 0.1) is 6.26 Å². The normalized spacial score (nSPS) is 10.2. The maximum absolute atomic E-state index is 11.7. The van der Waals surface area contributed by atoms with Crippen LogP contribution in [0.2, 0.25) is 0 Å². The van der Waals surface area contributed by atoms with Gasteiger partial charge < -0.3 is 4.42 Å². The summed E-state index contributed by atoms with van der Waals surface area (Å²) in [4.78, 5) is 11.7. The van der Waals surface area contributed by atoms with Crippen LogP contribution in [0.3, 0.4) is 0 Å². The van der Waals surface area contributed by atoms with Crippen LogP contribution in [0.5, 0.6) is 0 Å². The third kappa shape index (κ3) is 3.09. The third-order valence-electron chi connectivity index (χ3n) is 2.47. The average Bonchev–Trinajstić information content (AvgIpc) is 2.81. The van der Waals surface area contributed by atoms with E-state index in [1.165, 1.54) is 0 Å². The lowest BCUT2D eigenvalue weighted by atomic mass is 10.1. The minimum Gasteiger partial charge on any atom is -0.469 e. The molecule has 0 spiro atoms. The summed E-state index contributed by atoms with van der Waals surface area (Å²) in [5, 5.41) is 0. The van der Waals surface area contributed by atoms with Gasteiger partial charge in [-0.25, -0.2) is 0 Å². The number of furan rings is 1. The summed E-state index contributed by atoms with van der Waals surface area (Å²) in [6.07, 6.45) is 3.39. The highest BCUT2D eigenvalue weighted by atomic mass is 16.3. The molecule has 0 N–H and O–H groups in total. The predicted octanol–water partition coefficient (Wildman–Crippen LogP) is 3.02. The second-order valence-corrected chi connectivity index (χ2v) is 3.78. The van der Waals surface area contributed by atoms with E-state index in [1.54, 1.807) is 6.26 Å². The number of Topliss-reactive ketones (excluding diaryl/α,β-unsaturated/α-hetero) is 1. The second-order valence-electron chi connectivity index (χ2n) is 3.78. The van der Waals surface area contributed by atoms with Crippen molar-refractivity contribution < 1.29 is 9.21 Å². The number of rotatable bonds is 5. The van der Waals surface area contributed by atoms with Crippen molar-refractivity contribution in [2.75, 3.05) is 0 Å². The van der Waals surface area contributed by atoms with Gasteiger partial charge in [0, 0.05) is 19.3 Å². The highest BCUT2D eigenvalue weighted by molar-refractivity contribution is 5.80. The van der Waals surface area contributed by atoms with Crippen molar-refractivity contribution in [3.63, 3.8) is 0 Å². The fraction of sp³-hybridized carbons (Fsp3) is 0.214. The van der Waals surface area contributed by atoms with Gasteiger partial charge in [-0.05, 0) is 17.7 Å². The molecule has 0 atom stereocenters. The fourth-order valence-corrected chi connectivity index (χ4v) is 1.63. The van der Waals surface area contributed by atoms with E-state index in [2.05, 4.69) is 0 Å². The van der Waals surface area contributed by atoms with Crippen LogP contribution in [-0.4, -0.2) is 5.78 Å². The van der Waals surface area contributed by atoms with E-state index in [0.717, 1.165) is 11.3 Å². The topological polar surface area (TPSA) is 30.2 Å². The van der Waals surface area contributed by atoms with Crippen LogP contribution >= 0.6 is 0 Å². The first-order chi connectivity index (χ1) is 7.84. The van der Waals surface area contributed by atoms with E-state index in [9.17, 15) is 4.79 Å². The number of carbonyl (C=O) groups is 1. The Bertz CT molecular complexity index is 429. The first-order valence-electron chi connectivity index (χ1n) is 5.42. The van der Waals surface area contributed by atoms with Gasteiger partial charge in [-0.15, -0.1) is 0 Å². The van der Waals surface area contributed by atoms with E-state index in [4.69, 9.17) is 4.42 Å². The Kier molecular flexibility index (Phi) is 3.54. The third-order valence-corrected chi connectivity index (χ3v) is 2.47. The molecule has 2 heteroatoms. The molecule has 0 saturated carbocycles. The van der Waals surface area contributed by atoms with Gasteiger partial charge in [-0.2, -0.15) is 0 Å². The first kappa shape index (κ1) is 10.7. The van der Waals surface area contributed by atoms with E-state index < -0.39 is 0 Å². The Labute approximate surface area is 94.9 Å². The molecule has 2 rings (SSSR count). The molecule has 1 heterocycles. The molecule has 0 unspecified atom stereocenters. The molecular weight excluding hydrogens is 200 g/mol. The van der Waals surface area contributed by atoms with Crippen molar-refractivity contribution in [3.05, 3.63) is 60.1 Å². The van der Waals surface area contributed by atoms with Crippen LogP contribution in [0.25, 0.3) is 0 Å². The molecule has 0 bridgehead atoms. The quantitative estimate of drug-likeness (QED) is 0.765. The number of hydrogen-bond donors (Lipinski definition) is 0. The molecule has 2 aromatic rings. The van der Waals surface area contributed by atoms with Gasteiger partial charge in [-0.3, -0.25) is 4.79 Å². The molecule has 0 amide bonds. The van der Waals surface area contributed by atoms with Gasteiger partial charge in [0.15, 0.2) is 0 Å². The van der Waals surface area contributed by atoms with Crippen LogP contribution in [-0.2, 0) is 17.6 Å². The van der Waals surface area contributed by atoms with Crippen LogP contribution in [0.1, 0.15) is 17.7 Å². The maximum atomic E-state index is 11.7. The van der Waals surface area contributed by atoms with E-state index in [0.29, 0.717) is 19.3 Å². The summed E-state index contributed by atoms with van der Waals surface area (Å²) in [5.74, 6) is 1.13. The summed E-state index contributed by atoms with van der Waals surface area (Å²) in [7, 11) is 0. The Morgan fingerprint density at radius 2 is 1.88 bits per heavy atom. The molecular formula is C14H14O2. The molecule has 1 aromatic carbocycles. The van der Waals surface area contributed by atoms with Crippen LogP contribution in [0.4, 0.5) is 0 Å². The van der Waals surface area contributed by atoms with Crippen LogP contribution in [0.15, 0.2) is 53.1 Å². The van der Waals surface area contributed by atoms with E-state index in [1.807, 2.05) is 42.5 Å². The van der Waals surface area contributed by atoms with Crippen molar-refractivity contribution in [2.24, 2.45) is 0 Å². The lowest BCUT2D eigenvalue weighted by molar-refractivity contribution is -0.118. The Morgan fingerprint density at radius 3 is 2.56 bits per heavy atom.